The maximum Gasteiger partial charge on any atom is 0.382 e. The number of nitrogens with one attached hydrogen (secondary N) is 1. The Balaban J connectivity index is 2.32. The number of esters is 1. The summed E-state index contributed by atoms with van der Waals surface area (Å²) in [6, 6.07) is 3.99. The number of fused-ring (bicyclic) bond motifs is 1. The predicted molar refractivity (Wildman–Crippen MR) is 76.0 cm³/mol. The van der Waals surface area contributed by atoms with Crippen molar-refractivity contribution in [3.8, 4) is 5.75 Å². The van der Waals surface area contributed by atoms with E-state index in [1.165, 1.54) is 0 Å². The lowest BCUT2D eigenvalue weighted by Crippen LogP contribution is -2.33. The third-order valence-corrected chi connectivity index (χ3v) is 3.20. The van der Waals surface area contributed by atoms with Crippen molar-refractivity contribution < 1.29 is 19.2 Å². The van der Waals surface area contributed by atoms with Gasteiger partial charge in [-0.05, 0) is 30.7 Å². The van der Waals surface area contributed by atoms with Crippen LogP contribution in [0.4, 0.5) is 0 Å². The van der Waals surface area contributed by atoms with Crippen LogP contribution in [0.25, 0.3) is 10.9 Å². The number of nitro groups is 1. The van der Waals surface area contributed by atoms with Gasteiger partial charge in [0.25, 0.3) is 0 Å². The van der Waals surface area contributed by atoms with Crippen molar-refractivity contribution in [2.24, 2.45) is 0 Å². The lowest BCUT2D eigenvalue weighted by atomic mass is 10.1. The Bertz CT molecular complexity index is 664. The molecule has 1 heterocycles. The van der Waals surface area contributed by atoms with Gasteiger partial charge in [0.1, 0.15) is 5.75 Å². The highest BCUT2D eigenvalue weighted by Crippen LogP contribution is 2.25. The average molecular weight is 292 g/mol. The van der Waals surface area contributed by atoms with Crippen LogP contribution in [0.5, 0.6) is 5.75 Å². The predicted octanol–water partition coefficient (Wildman–Crippen LogP) is 1.93. The molecule has 0 amide bonds. The number of hydrogen-bond donors (Lipinski definition) is 1. The molecule has 0 radical (unpaired) electrons. The third kappa shape index (κ3) is 3.13. The molecule has 1 aromatic carbocycles. The van der Waals surface area contributed by atoms with Gasteiger partial charge >= 0.3 is 12.0 Å². The molecule has 7 heteroatoms. The number of ether oxygens (including phenoxy) is 2. The highest BCUT2D eigenvalue weighted by molar-refractivity contribution is 5.85. The molecule has 1 aromatic heterocycles. The molecule has 0 fully saturated rings. The fourth-order valence-electron chi connectivity index (χ4n) is 2.14. The van der Waals surface area contributed by atoms with Gasteiger partial charge in [0.15, 0.2) is 0 Å². The van der Waals surface area contributed by atoms with Gasteiger partial charge < -0.3 is 14.5 Å². The van der Waals surface area contributed by atoms with E-state index in [9.17, 15) is 14.9 Å². The van der Waals surface area contributed by atoms with E-state index in [2.05, 4.69) is 4.98 Å². The summed E-state index contributed by atoms with van der Waals surface area (Å²) in [7, 11) is 1.55. The molecule has 112 valence electrons. The molecule has 0 bridgehead atoms. The van der Waals surface area contributed by atoms with E-state index in [-0.39, 0.29) is 13.0 Å². The van der Waals surface area contributed by atoms with Gasteiger partial charge in [0.05, 0.1) is 20.1 Å². The fraction of sp³-hybridized carbons (Fsp3) is 0.357. The SMILES string of the molecule is CCOC(=O)C(Cc1c[nH]c2ccc(OC)cc12)[N+](=O)[O-]. The summed E-state index contributed by atoms with van der Waals surface area (Å²) in [5.74, 6) is -0.170. The number of aromatic nitrogens is 1. The molecule has 0 aliphatic carbocycles. The first-order valence-electron chi connectivity index (χ1n) is 6.51. The van der Waals surface area contributed by atoms with Crippen molar-refractivity contribution in [3.63, 3.8) is 0 Å². The van der Waals surface area contributed by atoms with E-state index in [0.29, 0.717) is 11.3 Å². The van der Waals surface area contributed by atoms with Crippen molar-refractivity contribution in [1.82, 2.24) is 4.98 Å². The Hall–Kier alpha value is -2.57. The lowest BCUT2D eigenvalue weighted by molar-refractivity contribution is -0.510. The molecule has 0 aliphatic rings. The topological polar surface area (TPSA) is 94.5 Å². The van der Waals surface area contributed by atoms with Crippen LogP contribution in [-0.2, 0) is 16.0 Å². The quantitative estimate of drug-likeness (QED) is 0.498. The maximum absolute atomic E-state index is 11.7. The Labute approximate surface area is 121 Å². The molecule has 1 atom stereocenters. The number of methoxy groups -OCH3 is 1. The van der Waals surface area contributed by atoms with Gasteiger partial charge in [-0.3, -0.25) is 10.1 Å². The number of aromatic amines is 1. The number of rotatable bonds is 6. The fourth-order valence-corrected chi connectivity index (χ4v) is 2.14. The molecule has 0 aliphatic heterocycles. The van der Waals surface area contributed by atoms with E-state index < -0.39 is 16.9 Å². The van der Waals surface area contributed by atoms with Crippen LogP contribution >= 0.6 is 0 Å². The molecule has 0 saturated heterocycles. The Kier molecular flexibility index (Phi) is 4.42. The van der Waals surface area contributed by atoms with E-state index in [0.717, 1.165) is 10.9 Å². The zero-order valence-corrected chi connectivity index (χ0v) is 11.8. The summed E-state index contributed by atoms with van der Waals surface area (Å²) in [4.78, 5) is 25.2. The van der Waals surface area contributed by atoms with E-state index in [4.69, 9.17) is 9.47 Å². The highest BCUT2D eigenvalue weighted by Gasteiger charge is 2.32. The van der Waals surface area contributed by atoms with Gasteiger partial charge in [-0.15, -0.1) is 0 Å². The highest BCUT2D eigenvalue weighted by atomic mass is 16.6. The molecule has 0 spiro atoms. The summed E-state index contributed by atoms with van der Waals surface area (Å²) < 4.78 is 9.90. The van der Waals surface area contributed by atoms with Gasteiger partial charge in [0.2, 0.25) is 0 Å². The second-order valence-electron chi connectivity index (χ2n) is 4.48. The smallest absolute Gasteiger partial charge is 0.382 e. The first kappa shape index (κ1) is 14.8. The van der Waals surface area contributed by atoms with Gasteiger partial charge in [0, 0.05) is 22.0 Å². The van der Waals surface area contributed by atoms with Crippen molar-refractivity contribution in [2.75, 3.05) is 13.7 Å². The van der Waals surface area contributed by atoms with Crippen LogP contribution in [0.15, 0.2) is 24.4 Å². The number of H-pyrrole nitrogens is 1. The summed E-state index contributed by atoms with van der Waals surface area (Å²) in [6.45, 7) is 1.73. The first-order valence-corrected chi connectivity index (χ1v) is 6.51. The minimum absolute atomic E-state index is 0.0288. The zero-order chi connectivity index (χ0) is 15.4. The van der Waals surface area contributed by atoms with E-state index >= 15 is 0 Å². The van der Waals surface area contributed by atoms with Crippen LogP contribution in [0.2, 0.25) is 0 Å². The summed E-state index contributed by atoms with van der Waals surface area (Å²) in [5, 5.41) is 11.9. The molecule has 1 unspecified atom stereocenters. The van der Waals surface area contributed by atoms with Crippen molar-refractivity contribution in [2.45, 2.75) is 19.4 Å². The minimum atomic E-state index is -1.41. The summed E-state index contributed by atoms with van der Waals surface area (Å²) in [5.41, 5.74) is 1.51. The van der Waals surface area contributed by atoms with E-state index in [1.54, 1.807) is 32.4 Å². The number of nitrogens with zero attached hydrogens (tertiary/aromatic N) is 1. The van der Waals surface area contributed by atoms with Crippen LogP contribution < -0.4 is 4.74 Å². The van der Waals surface area contributed by atoms with Gasteiger partial charge in [-0.1, -0.05) is 0 Å². The van der Waals surface area contributed by atoms with Gasteiger partial charge in [-0.2, -0.15) is 0 Å². The number of benzene rings is 1. The van der Waals surface area contributed by atoms with Crippen molar-refractivity contribution in [1.29, 1.82) is 0 Å². The minimum Gasteiger partial charge on any atom is -0.497 e. The Morgan fingerprint density at radius 1 is 1.48 bits per heavy atom. The van der Waals surface area contributed by atoms with Crippen LogP contribution in [-0.4, -0.2) is 35.6 Å². The molecule has 1 N–H and O–H groups in total. The van der Waals surface area contributed by atoms with Crippen LogP contribution in [0, 0.1) is 10.1 Å². The van der Waals surface area contributed by atoms with Crippen LogP contribution in [0.1, 0.15) is 12.5 Å². The molecule has 7 nitrogen and oxygen atoms in total. The number of hydrogen-bond acceptors (Lipinski definition) is 5. The second-order valence-corrected chi connectivity index (χ2v) is 4.48. The largest absolute Gasteiger partial charge is 0.497 e. The standard InChI is InChI=1S/C14H16N2O5/c1-3-21-14(17)13(16(18)19)6-9-8-15-12-5-4-10(20-2)7-11(9)12/h4-5,7-8,13,15H,3,6H2,1-2H3. The molecular formula is C14H16N2O5. The molecule has 21 heavy (non-hydrogen) atoms. The Morgan fingerprint density at radius 2 is 2.24 bits per heavy atom. The lowest BCUT2D eigenvalue weighted by Gasteiger charge is -2.08. The summed E-state index contributed by atoms with van der Waals surface area (Å²) in [6.07, 6.45) is 1.64. The second kappa shape index (κ2) is 6.25. The van der Waals surface area contributed by atoms with Crippen molar-refractivity contribution >= 4 is 16.9 Å². The van der Waals surface area contributed by atoms with Crippen molar-refractivity contribution in [3.05, 3.63) is 40.1 Å². The van der Waals surface area contributed by atoms with Crippen LogP contribution in [0.3, 0.4) is 0 Å². The average Bonchev–Trinajstić information content (AvgIpc) is 2.86. The molecular weight excluding hydrogens is 276 g/mol. The maximum atomic E-state index is 11.7. The zero-order valence-electron chi connectivity index (χ0n) is 11.8. The number of carbonyl (C=O) groups excluding carboxylic acids is 1. The normalized spacial score (nSPS) is 12.1. The first-order chi connectivity index (χ1) is 10.1. The number of carbonyl (C=O) groups is 1. The monoisotopic (exact) mass is 292 g/mol. The Morgan fingerprint density at radius 3 is 2.86 bits per heavy atom. The molecule has 0 saturated carbocycles. The molecule has 2 rings (SSSR count). The van der Waals surface area contributed by atoms with E-state index in [1.807, 2.05) is 6.07 Å². The third-order valence-electron chi connectivity index (χ3n) is 3.20. The summed E-state index contributed by atoms with van der Waals surface area (Å²) >= 11 is 0. The van der Waals surface area contributed by atoms with Gasteiger partial charge in [-0.25, -0.2) is 4.79 Å². The molecule has 2 aromatic rings.